The fourth-order valence-electron chi connectivity index (χ4n) is 2.73. The van der Waals surface area contributed by atoms with E-state index < -0.39 is 6.09 Å². The fraction of sp³-hybridized carbons (Fsp3) is 0.500. The average Bonchev–Trinajstić information content (AvgIpc) is 2.83. The molecule has 2 atom stereocenters. The Morgan fingerprint density at radius 2 is 2.32 bits per heavy atom. The smallest absolute Gasteiger partial charge is 0.407 e. The van der Waals surface area contributed by atoms with Gasteiger partial charge in [0.2, 0.25) is 0 Å². The Balaban J connectivity index is 1.82. The number of anilines is 2. The molecule has 0 aromatic carbocycles. The van der Waals surface area contributed by atoms with Gasteiger partial charge in [-0.3, -0.25) is 0 Å². The molecule has 7 nitrogen and oxygen atoms in total. The lowest BCUT2D eigenvalue weighted by Crippen LogP contribution is -2.51. The van der Waals surface area contributed by atoms with Gasteiger partial charge in [0.25, 0.3) is 0 Å². The molecule has 102 valence electrons. The van der Waals surface area contributed by atoms with Crippen LogP contribution in [-0.4, -0.2) is 59.5 Å². The highest BCUT2D eigenvalue weighted by Gasteiger charge is 2.42. The quantitative estimate of drug-likeness (QED) is 0.754. The first-order valence-electron chi connectivity index (χ1n) is 6.23. The lowest BCUT2D eigenvalue weighted by atomic mass is 10.1. The highest BCUT2D eigenvalue weighted by Crippen LogP contribution is 2.27. The zero-order valence-electron chi connectivity index (χ0n) is 10.4. The first-order valence-corrected chi connectivity index (χ1v) is 6.23. The second kappa shape index (κ2) is 4.58. The van der Waals surface area contributed by atoms with Crippen LogP contribution in [-0.2, 0) is 4.74 Å². The van der Waals surface area contributed by atoms with Crippen molar-refractivity contribution in [1.82, 2.24) is 9.88 Å². The predicted octanol–water partition coefficient (Wildman–Crippen LogP) is 0.231. The van der Waals surface area contributed by atoms with E-state index in [2.05, 4.69) is 9.88 Å². The Bertz CT molecular complexity index is 478. The van der Waals surface area contributed by atoms with Crippen LogP contribution in [0.25, 0.3) is 0 Å². The number of nitrogens with zero attached hydrogens (tertiary/aromatic N) is 3. The minimum atomic E-state index is -0.895. The summed E-state index contributed by atoms with van der Waals surface area (Å²) in [6.07, 6.45) is 0.761. The first kappa shape index (κ1) is 12.0. The summed E-state index contributed by atoms with van der Waals surface area (Å²) >= 11 is 0. The van der Waals surface area contributed by atoms with Crippen molar-refractivity contribution in [1.29, 1.82) is 0 Å². The van der Waals surface area contributed by atoms with Crippen LogP contribution < -0.4 is 10.6 Å². The standard InChI is InChI=1S/C12H16N4O3/c13-11-2-1-8(5-14-11)16-3-4-19-10-7-15(12(17)18)6-9(10)16/h1-2,5,9-10H,3-4,6-7H2,(H2,13,14)(H,17,18). The molecule has 0 radical (unpaired) electrons. The van der Waals surface area contributed by atoms with E-state index in [1.165, 1.54) is 4.90 Å². The highest BCUT2D eigenvalue weighted by atomic mass is 16.5. The van der Waals surface area contributed by atoms with E-state index in [-0.39, 0.29) is 12.1 Å². The number of likely N-dealkylation sites (tertiary alicyclic amines) is 1. The molecule has 2 fully saturated rings. The van der Waals surface area contributed by atoms with Gasteiger partial charge in [-0.1, -0.05) is 0 Å². The van der Waals surface area contributed by atoms with Crippen LogP contribution in [0.1, 0.15) is 0 Å². The van der Waals surface area contributed by atoms with Crippen molar-refractivity contribution in [3.8, 4) is 0 Å². The fourth-order valence-corrected chi connectivity index (χ4v) is 2.73. The van der Waals surface area contributed by atoms with Gasteiger partial charge in [-0.15, -0.1) is 0 Å². The van der Waals surface area contributed by atoms with Gasteiger partial charge in [0.1, 0.15) is 5.82 Å². The molecule has 1 amide bonds. The Morgan fingerprint density at radius 3 is 3.00 bits per heavy atom. The van der Waals surface area contributed by atoms with Crippen molar-refractivity contribution in [3.63, 3.8) is 0 Å². The number of hydrogen-bond donors (Lipinski definition) is 2. The average molecular weight is 264 g/mol. The monoisotopic (exact) mass is 264 g/mol. The molecule has 3 heterocycles. The molecule has 3 N–H and O–H groups in total. The number of carbonyl (C=O) groups is 1. The molecular formula is C12H16N4O3. The molecule has 19 heavy (non-hydrogen) atoms. The Hall–Kier alpha value is -2.02. The molecule has 2 aliphatic heterocycles. The van der Waals surface area contributed by atoms with Gasteiger partial charge in [-0.2, -0.15) is 0 Å². The summed E-state index contributed by atoms with van der Waals surface area (Å²) in [6.45, 7) is 2.22. The molecule has 2 unspecified atom stereocenters. The summed E-state index contributed by atoms with van der Waals surface area (Å²) in [6, 6.07) is 3.72. The van der Waals surface area contributed by atoms with Crippen LogP contribution in [0.2, 0.25) is 0 Å². The summed E-state index contributed by atoms with van der Waals surface area (Å²) in [4.78, 5) is 18.7. The molecule has 2 aliphatic rings. The van der Waals surface area contributed by atoms with E-state index in [0.717, 1.165) is 12.2 Å². The lowest BCUT2D eigenvalue weighted by Gasteiger charge is -2.38. The SMILES string of the molecule is Nc1ccc(N2CCOC3CN(C(=O)O)CC32)cn1. The number of nitrogen functional groups attached to an aromatic ring is 1. The number of rotatable bonds is 1. The van der Waals surface area contributed by atoms with E-state index in [4.69, 9.17) is 15.6 Å². The summed E-state index contributed by atoms with van der Waals surface area (Å²) in [5.41, 5.74) is 6.54. The second-order valence-electron chi connectivity index (χ2n) is 4.80. The molecule has 3 rings (SSSR count). The molecule has 1 aromatic heterocycles. The number of fused-ring (bicyclic) bond motifs is 1. The minimum absolute atomic E-state index is 0.0512. The van der Waals surface area contributed by atoms with E-state index in [1.807, 2.05) is 6.07 Å². The predicted molar refractivity (Wildman–Crippen MR) is 69.1 cm³/mol. The third-order valence-electron chi connectivity index (χ3n) is 3.67. The number of pyridine rings is 1. The normalized spacial score (nSPS) is 26.3. The zero-order chi connectivity index (χ0) is 13.4. The van der Waals surface area contributed by atoms with Gasteiger partial charge < -0.3 is 25.4 Å². The molecule has 7 heteroatoms. The van der Waals surface area contributed by atoms with Crippen LogP contribution >= 0.6 is 0 Å². The number of amides is 1. The number of carboxylic acid groups (broad SMARTS) is 1. The van der Waals surface area contributed by atoms with Crippen LogP contribution in [0.5, 0.6) is 0 Å². The van der Waals surface area contributed by atoms with Gasteiger partial charge >= 0.3 is 6.09 Å². The number of ether oxygens (including phenoxy) is 1. The van der Waals surface area contributed by atoms with Crippen molar-refractivity contribution < 1.29 is 14.6 Å². The summed E-state index contributed by atoms with van der Waals surface area (Å²) < 4.78 is 5.67. The van der Waals surface area contributed by atoms with Gasteiger partial charge in [0, 0.05) is 13.1 Å². The molecule has 0 saturated carbocycles. The molecule has 0 aliphatic carbocycles. The van der Waals surface area contributed by atoms with Crippen molar-refractivity contribution in [2.45, 2.75) is 12.1 Å². The summed E-state index contributed by atoms with van der Waals surface area (Å²) in [5, 5.41) is 9.08. The Kier molecular flexibility index (Phi) is 2.90. The van der Waals surface area contributed by atoms with Crippen LogP contribution in [0.4, 0.5) is 16.3 Å². The molecule has 0 bridgehead atoms. The van der Waals surface area contributed by atoms with E-state index >= 15 is 0 Å². The van der Waals surface area contributed by atoms with E-state index in [0.29, 0.717) is 25.5 Å². The maximum atomic E-state index is 11.1. The Morgan fingerprint density at radius 1 is 1.47 bits per heavy atom. The van der Waals surface area contributed by atoms with Crippen molar-refractivity contribution in [2.75, 3.05) is 36.9 Å². The molecule has 1 aromatic rings. The third-order valence-corrected chi connectivity index (χ3v) is 3.67. The van der Waals surface area contributed by atoms with E-state index in [9.17, 15) is 4.79 Å². The maximum absolute atomic E-state index is 11.1. The minimum Gasteiger partial charge on any atom is -0.465 e. The van der Waals surface area contributed by atoms with E-state index in [1.54, 1.807) is 12.3 Å². The largest absolute Gasteiger partial charge is 0.465 e. The van der Waals surface area contributed by atoms with Gasteiger partial charge in [0.15, 0.2) is 0 Å². The Labute approximate surface area is 110 Å². The van der Waals surface area contributed by atoms with Crippen LogP contribution in [0.15, 0.2) is 18.3 Å². The number of nitrogens with two attached hydrogens (primary N) is 1. The van der Waals surface area contributed by atoms with Crippen LogP contribution in [0.3, 0.4) is 0 Å². The lowest BCUT2D eigenvalue weighted by molar-refractivity contribution is 0.0310. The van der Waals surface area contributed by atoms with Gasteiger partial charge in [-0.25, -0.2) is 9.78 Å². The topological polar surface area (TPSA) is 91.9 Å². The van der Waals surface area contributed by atoms with Crippen molar-refractivity contribution >= 4 is 17.6 Å². The number of morpholine rings is 1. The number of aromatic nitrogens is 1. The van der Waals surface area contributed by atoms with Crippen LogP contribution in [0, 0.1) is 0 Å². The third kappa shape index (κ3) is 2.17. The summed E-state index contributed by atoms with van der Waals surface area (Å²) in [5.74, 6) is 0.479. The highest BCUT2D eigenvalue weighted by molar-refractivity contribution is 5.66. The molecular weight excluding hydrogens is 248 g/mol. The number of hydrogen-bond acceptors (Lipinski definition) is 5. The van der Waals surface area contributed by atoms with Gasteiger partial charge in [0.05, 0.1) is 37.2 Å². The van der Waals surface area contributed by atoms with Gasteiger partial charge in [-0.05, 0) is 12.1 Å². The first-order chi connectivity index (χ1) is 9.15. The molecule has 0 spiro atoms. The maximum Gasteiger partial charge on any atom is 0.407 e. The molecule has 2 saturated heterocycles. The zero-order valence-corrected chi connectivity index (χ0v) is 10.4. The second-order valence-corrected chi connectivity index (χ2v) is 4.80. The van der Waals surface area contributed by atoms with Crippen molar-refractivity contribution in [2.24, 2.45) is 0 Å². The van der Waals surface area contributed by atoms with Crippen molar-refractivity contribution in [3.05, 3.63) is 18.3 Å². The summed E-state index contributed by atoms with van der Waals surface area (Å²) in [7, 11) is 0.